The van der Waals surface area contributed by atoms with Crippen LogP contribution in [-0.4, -0.2) is 58.1 Å². The molecular formula is C19H26N2O5S. The maximum atomic E-state index is 12.9. The van der Waals surface area contributed by atoms with Gasteiger partial charge in [0, 0.05) is 19.1 Å². The molecular weight excluding hydrogens is 368 g/mol. The lowest BCUT2D eigenvalue weighted by molar-refractivity contribution is 0.0730. The third-order valence-corrected chi connectivity index (χ3v) is 7.97. The van der Waals surface area contributed by atoms with Crippen LogP contribution in [-0.2, 0) is 14.8 Å². The Morgan fingerprint density at radius 2 is 2.00 bits per heavy atom. The van der Waals surface area contributed by atoms with Gasteiger partial charge in [0.05, 0.1) is 30.8 Å². The van der Waals surface area contributed by atoms with Gasteiger partial charge in [-0.15, -0.1) is 0 Å². The molecule has 2 aliphatic carbocycles. The van der Waals surface area contributed by atoms with E-state index in [0.29, 0.717) is 38.0 Å². The van der Waals surface area contributed by atoms with E-state index in [1.165, 1.54) is 36.4 Å². The molecule has 1 aliphatic heterocycles. The number of fused-ring (bicyclic) bond motifs is 2. The van der Waals surface area contributed by atoms with Crippen LogP contribution in [0.1, 0.15) is 36.0 Å². The van der Waals surface area contributed by atoms with Gasteiger partial charge in [-0.05, 0) is 49.3 Å². The fourth-order valence-electron chi connectivity index (χ4n) is 4.63. The van der Waals surface area contributed by atoms with Gasteiger partial charge in [-0.2, -0.15) is 4.31 Å². The second-order valence-corrected chi connectivity index (χ2v) is 9.57. The van der Waals surface area contributed by atoms with E-state index in [0.717, 1.165) is 18.8 Å². The Labute approximate surface area is 160 Å². The van der Waals surface area contributed by atoms with E-state index >= 15 is 0 Å². The van der Waals surface area contributed by atoms with E-state index in [4.69, 9.17) is 9.47 Å². The lowest BCUT2D eigenvalue weighted by Crippen LogP contribution is -2.41. The Balaban J connectivity index is 1.58. The zero-order valence-electron chi connectivity index (χ0n) is 15.5. The standard InChI is InChI=1S/C19H26N2O5S/c1-25-18-5-4-15(27(23,24)21-6-8-26-9-7-21)12-16(18)19(22)20-17-11-13-2-3-14(17)10-13/h4-5,12-14,17H,2-3,6-11H2,1H3,(H,20,22)/t13-,14-,17-/m0/s1. The van der Waals surface area contributed by atoms with Crippen molar-refractivity contribution in [1.82, 2.24) is 9.62 Å². The minimum Gasteiger partial charge on any atom is -0.496 e. The van der Waals surface area contributed by atoms with Gasteiger partial charge in [0.25, 0.3) is 5.91 Å². The predicted molar refractivity (Wildman–Crippen MR) is 99.3 cm³/mol. The fourth-order valence-corrected chi connectivity index (χ4v) is 6.06. The van der Waals surface area contributed by atoms with Crippen LogP contribution in [0.3, 0.4) is 0 Å². The van der Waals surface area contributed by atoms with E-state index < -0.39 is 10.0 Å². The van der Waals surface area contributed by atoms with Crippen molar-refractivity contribution in [2.45, 2.75) is 36.6 Å². The van der Waals surface area contributed by atoms with E-state index in [1.54, 1.807) is 6.07 Å². The first-order valence-corrected chi connectivity index (χ1v) is 11.0. The molecule has 3 fully saturated rings. The highest BCUT2D eigenvalue weighted by Crippen LogP contribution is 2.44. The third kappa shape index (κ3) is 3.58. The van der Waals surface area contributed by atoms with Crippen molar-refractivity contribution in [3.05, 3.63) is 23.8 Å². The third-order valence-electron chi connectivity index (χ3n) is 6.08. The normalized spacial score (nSPS) is 28.3. The van der Waals surface area contributed by atoms with Crippen molar-refractivity contribution in [3.8, 4) is 5.75 Å². The Morgan fingerprint density at radius 3 is 2.63 bits per heavy atom. The number of ether oxygens (including phenoxy) is 2. The van der Waals surface area contributed by atoms with Gasteiger partial charge in [-0.25, -0.2) is 8.42 Å². The SMILES string of the molecule is COc1ccc(S(=O)(=O)N2CCOCC2)cc1C(=O)N[C@H]1C[C@H]2CC[C@H]1C2. The molecule has 2 bridgehead atoms. The Hall–Kier alpha value is -1.64. The van der Waals surface area contributed by atoms with Crippen LogP contribution in [0, 0.1) is 11.8 Å². The van der Waals surface area contributed by atoms with Crippen LogP contribution in [0.15, 0.2) is 23.1 Å². The summed E-state index contributed by atoms with van der Waals surface area (Å²) in [6, 6.07) is 4.67. The molecule has 0 unspecified atom stereocenters. The number of nitrogens with one attached hydrogen (secondary N) is 1. The summed E-state index contributed by atoms with van der Waals surface area (Å²) < 4.78 is 37.8. The number of methoxy groups -OCH3 is 1. The molecule has 1 saturated heterocycles. The number of nitrogens with zero attached hydrogens (tertiary/aromatic N) is 1. The molecule has 8 heteroatoms. The highest BCUT2D eigenvalue weighted by molar-refractivity contribution is 7.89. The number of rotatable bonds is 5. The summed E-state index contributed by atoms with van der Waals surface area (Å²) in [7, 11) is -2.17. The highest BCUT2D eigenvalue weighted by Gasteiger charge is 2.40. The fraction of sp³-hybridized carbons (Fsp3) is 0.632. The highest BCUT2D eigenvalue weighted by atomic mass is 32.2. The van der Waals surface area contributed by atoms with Crippen LogP contribution in [0.2, 0.25) is 0 Å². The van der Waals surface area contributed by atoms with Gasteiger partial charge in [0.15, 0.2) is 0 Å². The number of sulfonamides is 1. The van der Waals surface area contributed by atoms with Crippen molar-refractivity contribution < 1.29 is 22.7 Å². The Kier molecular flexibility index (Phi) is 5.13. The Morgan fingerprint density at radius 1 is 1.22 bits per heavy atom. The Bertz CT molecular complexity index is 819. The molecule has 1 aromatic carbocycles. The summed E-state index contributed by atoms with van der Waals surface area (Å²) in [4.78, 5) is 13.0. The first-order chi connectivity index (χ1) is 13.0. The number of hydrogen-bond donors (Lipinski definition) is 1. The van der Waals surface area contributed by atoms with Gasteiger partial charge in [-0.3, -0.25) is 4.79 Å². The van der Waals surface area contributed by atoms with E-state index in [1.807, 2.05) is 0 Å². The molecule has 0 radical (unpaired) electrons. The summed E-state index contributed by atoms with van der Waals surface area (Å²) in [6.45, 7) is 1.40. The number of benzene rings is 1. The van der Waals surface area contributed by atoms with Crippen molar-refractivity contribution >= 4 is 15.9 Å². The lowest BCUT2D eigenvalue weighted by Gasteiger charge is -2.26. The molecule has 1 aromatic rings. The quantitative estimate of drug-likeness (QED) is 0.821. The molecule has 0 aromatic heterocycles. The van der Waals surface area contributed by atoms with E-state index in [-0.39, 0.29) is 22.4 Å². The topological polar surface area (TPSA) is 84.9 Å². The molecule has 1 amide bonds. The maximum absolute atomic E-state index is 12.9. The molecule has 0 spiro atoms. The number of amides is 1. The molecule has 2 saturated carbocycles. The minimum atomic E-state index is -3.66. The average Bonchev–Trinajstić information content (AvgIpc) is 3.31. The van der Waals surface area contributed by atoms with Crippen LogP contribution >= 0.6 is 0 Å². The predicted octanol–water partition coefficient (Wildman–Crippen LogP) is 1.63. The van der Waals surface area contributed by atoms with Gasteiger partial charge in [0.1, 0.15) is 5.75 Å². The molecule has 1 N–H and O–H groups in total. The lowest BCUT2D eigenvalue weighted by atomic mass is 9.95. The number of morpholine rings is 1. The summed E-state index contributed by atoms with van der Waals surface area (Å²) >= 11 is 0. The summed E-state index contributed by atoms with van der Waals surface area (Å²) in [5.74, 6) is 1.39. The second kappa shape index (κ2) is 7.41. The molecule has 3 atom stereocenters. The zero-order chi connectivity index (χ0) is 19.0. The molecule has 4 rings (SSSR count). The van der Waals surface area contributed by atoms with Crippen LogP contribution < -0.4 is 10.1 Å². The summed E-state index contributed by atoms with van der Waals surface area (Å²) in [5.41, 5.74) is 0.273. The summed E-state index contributed by atoms with van der Waals surface area (Å²) in [5, 5.41) is 3.11. The molecule has 27 heavy (non-hydrogen) atoms. The van der Waals surface area contributed by atoms with Crippen molar-refractivity contribution in [2.75, 3.05) is 33.4 Å². The van der Waals surface area contributed by atoms with Gasteiger partial charge in [-0.1, -0.05) is 6.42 Å². The van der Waals surface area contributed by atoms with Crippen LogP contribution in [0.5, 0.6) is 5.75 Å². The van der Waals surface area contributed by atoms with Crippen molar-refractivity contribution in [2.24, 2.45) is 11.8 Å². The molecule has 1 heterocycles. The smallest absolute Gasteiger partial charge is 0.255 e. The van der Waals surface area contributed by atoms with Gasteiger partial charge >= 0.3 is 0 Å². The number of hydrogen-bond acceptors (Lipinski definition) is 5. The average molecular weight is 394 g/mol. The number of carbonyl (C=O) groups is 1. The maximum Gasteiger partial charge on any atom is 0.255 e. The minimum absolute atomic E-state index is 0.114. The first-order valence-electron chi connectivity index (χ1n) is 9.56. The van der Waals surface area contributed by atoms with Gasteiger partial charge in [0.2, 0.25) is 10.0 Å². The largest absolute Gasteiger partial charge is 0.496 e. The van der Waals surface area contributed by atoms with E-state index in [9.17, 15) is 13.2 Å². The van der Waals surface area contributed by atoms with Crippen molar-refractivity contribution in [3.63, 3.8) is 0 Å². The molecule has 3 aliphatic rings. The second-order valence-electron chi connectivity index (χ2n) is 7.63. The van der Waals surface area contributed by atoms with Crippen molar-refractivity contribution in [1.29, 1.82) is 0 Å². The van der Waals surface area contributed by atoms with E-state index in [2.05, 4.69) is 5.32 Å². The zero-order valence-corrected chi connectivity index (χ0v) is 16.3. The van der Waals surface area contributed by atoms with Crippen LogP contribution in [0.4, 0.5) is 0 Å². The summed E-state index contributed by atoms with van der Waals surface area (Å²) in [6.07, 6.45) is 4.63. The number of carbonyl (C=O) groups excluding carboxylic acids is 1. The molecule has 7 nitrogen and oxygen atoms in total. The van der Waals surface area contributed by atoms with Gasteiger partial charge < -0.3 is 14.8 Å². The molecule has 148 valence electrons. The monoisotopic (exact) mass is 394 g/mol. The first kappa shape index (κ1) is 18.7. The van der Waals surface area contributed by atoms with Crippen LogP contribution in [0.25, 0.3) is 0 Å².